The smallest absolute Gasteiger partial charge is 0.379 e. The molecule has 2 aromatic carbocycles. The maximum absolute atomic E-state index is 13.2. The largest absolute Gasteiger partial charge is 0.511 e. The molecule has 0 saturated heterocycles. The van der Waals surface area contributed by atoms with Crippen molar-refractivity contribution in [1.29, 1.82) is 0 Å². The van der Waals surface area contributed by atoms with Gasteiger partial charge in [0.15, 0.2) is 5.75 Å². The third kappa shape index (κ3) is 11.5. The van der Waals surface area contributed by atoms with Gasteiger partial charge in [-0.25, -0.2) is 4.57 Å². The molecule has 0 aromatic heterocycles. The fourth-order valence-corrected chi connectivity index (χ4v) is 4.23. The second-order valence-electron chi connectivity index (χ2n) is 7.68. The number of unbranched alkanes of at least 4 members (excludes halogenated alkanes) is 6. The first kappa shape index (κ1) is 27.8. The number of phosphoric acid groups is 1. The van der Waals surface area contributed by atoms with Gasteiger partial charge in [0, 0.05) is 12.0 Å². The van der Waals surface area contributed by atoms with Crippen molar-refractivity contribution in [3.8, 4) is 5.75 Å². The lowest BCUT2D eigenvalue weighted by Gasteiger charge is -2.17. The van der Waals surface area contributed by atoms with E-state index in [1.54, 1.807) is 6.07 Å². The summed E-state index contributed by atoms with van der Waals surface area (Å²) in [6.45, 7) is 6.28. The van der Waals surface area contributed by atoms with Gasteiger partial charge in [-0.05, 0) is 24.8 Å². The number of fused-ring (bicyclic) bond motifs is 1. The predicted molar refractivity (Wildman–Crippen MR) is 130 cm³/mol. The van der Waals surface area contributed by atoms with Crippen molar-refractivity contribution in [2.24, 2.45) is 0 Å². The molecule has 7 nitrogen and oxygen atoms in total. The van der Waals surface area contributed by atoms with Gasteiger partial charge in [-0.15, -0.1) is 0 Å². The van der Waals surface area contributed by atoms with Gasteiger partial charge in [0.2, 0.25) is 0 Å². The Morgan fingerprint density at radius 2 is 1.36 bits per heavy atom. The third-order valence-electron chi connectivity index (χ3n) is 5.02. The second kappa shape index (κ2) is 17.0. The molecule has 0 N–H and O–H groups in total. The number of benzene rings is 2. The number of hydrogen-bond acceptors (Lipinski definition) is 7. The van der Waals surface area contributed by atoms with Gasteiger partial charge in [0.05, 0.1) is 33.0 Å². The van der Waals surface area contributed by atoms with Crippen LogP contribution in [0.4, 0.5) is 0 Å². The van der Waals surface area contributed by atoms with Gasteiger partial charge >= 0.3 is 7.82 Å². The summed E-state index contributed by atoms with van der Waals surface area (Å²) >= 11 is 0. The standard InChI is InChI=1S/C25H39O7P/c1-3-5-6-7-8-9-12-18-29-33(26,30-22-21-28-20-19-27-4-2)32-31-25-17-13-15-23-14-10-11-16-24(23)25/h10-11,13-17H,3-9,12,18-22H2,1-2H3. The Kier molecular flexibility index (Phi) is 14.3. The van der Waals surface area contributed by atoms with Crippen LogP contribution in [0.3, 0.4) is 0 Å². The predicted octanol–water partition coefficient (Wildman–Crippen LogP) is 7.10. The highest BCUT2D eigenvalue weighted by Crippen LogP contribution is 2.50. The lowest BCUT2D eigenvalue weighted by atomic mass is 10.1. The van der Waals surface area contributed by atoms with Crippen LogP contribution in [-0.4, -0.2) is 39.6 Å². The molecule has 0 radical (unpaired) electrons. The van der Waals surface area contributed by atoms with Gasteiger partial charge in [0.1, 0.15) is 0 Å². The first-order chi connectivity index (χ1) is 16.2. The van der Waals surface area contributed by atoms with E-state index in [2.05, 4.69) is 6.92 Å². The Morgan fingerprint density at radius 1 is 0.697 bits per heavy atom. The summed E-state index contributed by atoms with van der Waals surface area (Å²) in [4.78, 5) is 5.44. The summed E-state index contributed by atoms with van der Waals surface area (Å²) in [7, 11) is -3.92. The highest BCUT2D eigenvalue weighted by Gasteiger charge is 2.29. The molecule has 186 valence electrons. The summed E-state index contributed by atoms with van der Waals surface area (Å²) < 4.78 is 40.1. The molecule has 0 spiro atoms. The van der Waals surface area contributed by atoms with Gasteiger partial charge < -0.3 is 14.4 Å². The molecule has 0 heterocycles. The summed E-state index contributed by atoms with van der Waals surface area (Å²) in [6.07, 6.45) is 7.89. The van der Waals surface area contributed by atoms with E-state index in [4.69, 9.17) is 28.1 Å². The molecule has 0 aliphatic rings. The number of phosphoric ester groups is 1. The fourth-order valence-electron chi connectivity index (χ4n) is 3.24. The van der Waals surface area contributed by atoms with Crippen molar-refractivity contribution >= 4 is 18.6 Å². The normalized spacial score (nSPS) is 13.3. The van der Waals surface area contributed by atoms with E-state index in [-0.39, 0.29) is 19.8 Å². The van der Waals surface area contributed by atoms with Gasteiger partial charge in [0.25, 0.3) is 0 Å². The minimum absolute atomic E-state index is 0.0549. The molecule has 1 atom stereocenters. The van der Waals surface area contributed by atoms with Gasteiger partial charge in [-0.1, -0.05) is 86.5 Å². The molecule has 2 aromatic rings. The van der Waals surface area contributed by atoms with E-state index in [9.17, 15) is 4.57 Å². The Hall–Kier alpha value is -1.47. The first-order valence-electron chi connectivity index (χ1n) is 12.1. The number of hydrogen-bond donors (Lipinski definition) is 0. The molecule has 0 aliphatic carbocycles. The van der Waals surface area contributed by atoms with E-state index in [0.29, 0.717) is 25.6 Å². The van der Waals surface area contributed by atoms with E-state index in [1.165, 1.54) is 25.7 Å². The highest BCUT2D eigenvalue weighted by atomic mass is 31.2. The van der Waals surface area contributed by atoms with E-state index >= 15 is 0 Å². The molecule has 33 heavy (non-hydrogen) atoms. The SMILES string of the molecule is CCCCCCCCCOP(=O)(OCCOCCOCC)OOc1cccc2ccccc12. The van der Waals surface area contributed by atoms with E-state index < -0.39 is 7.82 Å². The Balaban J connectivity index is 1.84. The van der Waals surface area contributed by atoms with Crippen LogP contribution in [0.15, 0.2) is 42.5 Å². The third-order valence-corrected chi connectivity index (χ3v) is 6.27. The first-order valence-corrected chi connectivity index (χ1v) is 13.5. The molecular formula is C25H39O7P. The minimum atomic E-state index is -3.92. The maximum atomic E-state index is 13.2. The van der Waals surface area contributed by atoms with Gasteiger partial charge in [-0.3, -0.25) is 9.05 Å². The van der Waals surface area contributed by atoms with Crippen molar-refractivity contribution in [1.82, 2.24) is 0 Å². The number of rotatable bonds is 20. The highest BCUT2D eigenvalue weighted by molar-refractivity contribution is 7.48. The molecular weight excluding hydrogens is 443 g/mol. The molecule has 2 rings (SSSR count). The van der Waals surface area contributed by atoms with E-state index in [1.807, 2.05) is 43.3 Å². The molecule has 8 heteroatoms. The second-order valence-corrected chi connectivity index (χ2v) is 9.24. The molecule has 0 amide bonds. The monoisotopic (exact) mass is 482 g/mol. The summed E-state index contributed by atoms with van der Waals surface area (Å²) in [5.41, 5.74) is 0. The molecule has 0 fully saturated rings. The molecule has 1 unspecified atom stereocenters. The van der Waals surface area contributed by atoms with Crippen LogP contribution >= 0.6 is 7.82 Å². The average molecular weight is 483 g/mol. The molecule has 0 bridgehead atoms. The Morgan fingerprint density at radius 3 is 2.18 bits per heavy atom. The molecule has 0 aliphatic heterocycles. The lowest BCUT2D eigenvalue weighted by molar-refractivity contribution is -0.132. The Labute approximate surface area is 198 Å². The lowest BCUT2D eigenvalue weighted by Crippen LogP contribution is -2.11. The van der Waals surface area contributed by atoms with Crippen LogP contribution in [0, 0.1) is 0 Å². The Bertz CT molecular complexity index is 809. The van der Waals surface area contributed by atoms with Crippen LogP contribution in [0.2, 0.25) is 0 Å². The van der Waals surface area contributed by atoms with Crippen molar-refractivity contribution in [2.75, 3.05) is 39.6 Å². The topological polar surface area (TPSA) is 72.5 Å². The summed E-state index contributed by atoms with van der Waals surface area (Å²) in [5.74, 6) is 0.449. The van der Waals surface area contributed by atoms with Crippen molar-refractivity contribution in [2.45, 2.75) is 58.8 Å². The van der Waals surface area contributed by atoms with Crippen LogP contribution < -0.4 is 4.89 Å². The molecule has 0 saturated carbocycles. The van der Waals surface area contributed by atoms with Crippen molar-refractivity contribution in [3.05, 3.63) is 42.5 Å². The fraction of sp³-hybridized carbons (Fsp3) is 0.600. The zero-order chi connectivity index (χ0) is 23.6. The summed E-state index contributed by atoms with van der Waals surface area (Å²) in [5, 5.41) is 1.83. The van der Waals surface area contributed by atoms with Gasteiger partial charge in [-0.2, -0.15) is 0 Å². The van der Waals surface area contributed by atoms with Crippen LogP contribution in [-0.2, 0) is 27.8 Å². The minimum Gasteiger partial charge on any atom is -0.379 e. The zero-order valence-electron chi connectivity index (χ0n) is 20.0. The van der Waals surface area contributed by atoms with Crippen LogP contribution in [0.5, 0.6) is 5.75 Å². The number of ether oxygens (including phenoxy) is 2. The van der Waals surface area contributed by atoms with Crippen LogP contribution in [0.1, 0.15) is 58.8 Å². The summed E-state index contributed by atoms with van der Waals surface area (Å²) in [6, 6.07) is 13.3. The zero-order valence-corrected chi connectivity index (χ0v) is 20.9. The quantitative estimate of drug-likeness (QED) is 0.0863. The van der Waals surface area contributed by atoms with Crippen molar-refractivity contribution in [3.63, 3.8) is 0 Å². The maximum Gasteiger partial charge on any atom is 0.511 e. The van der Waals surface area contributed by atoms with Crippen molar-refractivity contribution < 1.29 is 32.6 Å². The van der Waals surface area contributed by atoms with E-state index in [0.717, 1.165) is 30.0 Å². The van der Waals surface area contributed by atoms with Crippen LogP contribution in [0.25, 0.3) is 10.8 Å². The average Bonchev–Trinajstić information content (AvgIpc) is 2.84.